The maximum atomic E-state index is 12.8. The van der Waals surface area contributed by atoms with Gasteiger partial charge in [-0.05, 0) is 58.8 Å². The Morgan fingerprint density at radius 1 is 1.13 bits per heavy atom. The van der Waals surface area contributed by atoms with Gasteiger partial charge in [0.05, 0.1) is 34.9 Å². The van der Waals surface area contributed by atoms with Gasteiger partial charge in [-0.3, -0.25) is 9.69 Å². The first-order valence-corrected chi connectivity index (χ1v) is 18.7. The van der Waals surface area contributed by atoms with Gasteiger partial charge >= 0.3 is 6.03 Å². The summed E-state index contributed by atoms with van der Waals surface area (Å²) in [5, 5.41) is 22.4. The largest absolute Gasteiger partial charge is 0.345 e. The van der Waals surface area contributed by atoms with Gasteiger partial charge in [0.1, 0.15) is 5.78 Å². The van der Waals surface area contributed by atoms with E-state index in [0.717, 1.165) is 84.4 Å². The molecule has 7 rings (SSSR count). The number of hydrogen-bond acceptors (Lipinski definition) is 11. The summed E-state index contributed by atoms with van der Waals surface area (Å²) in [7, 11) is 0. The number of fused-ring (bicyclic) bond motifs is 2. The molecule has 11 nitrogen and oxygen atoms in total. The number of rotatable bonds is 13. The van der Waals surface area contributed by atoms with Gasteiger partial charge in [0, 0.05) is 54.9 Å². The molecule has 0 bridgehead atoms. The van der Waals surface area contributed by atoms with E-state index in [1.807, 2.05) is 16.4 Å². The van der Waals surface area contributed by atoms with Crippen molar-refractivity contribution in [2.24, 2.45) is 0 Å². The van der Waals surface area contributed by atoms with Crippen molar-refractivity contribution >= 4 is 61.6 Å². The monoisotopic (exact) mass is 665 g/mol. The average molecular weight is 666 g/mol. The molecule has 6 heterocycles. The van der Waals surface area contributed by atoms with E-state index in [1.54, 1.807) is 22.7 Å². The number of nitrogens with one attached hydrogen (secondary N) is 2. The Balaban J connectivity index is 0.894. The molecule has 14 heteroatoms. The van der Waals surface area contributed by atoms with Crippen molar-refractivity contribution in [3.63, 3.8) is 0 Å². The van der Waals surface area contributed by atoms with E-state index in [-0.39, 0.29) is 29.9 Å². The van der Waals surface area contributed by atoms with E-state index in [0.29, 0.717) is 24.6 Å². The topological polar surface area (TPSA) is 121 Å². The number of hydrogen-bond donors (Lipinski definition) is 2. The van der Waals surface area contributed by atoms with Crippen LogP contribution in [0.3, 0.4) is 0 Å². The Morgan fingerprint density at radius 3 is 2.84 bits per heavy atom. The lowest BCUT2D eigenvalue weighted by molar-refractivity contribution is -0.118. The Hall–Kier alpha value is -3.07. The summed E-state index contributed by atoms with van der Waals surface area (Å²) in [6, 6.07) is 11.1. The molecule has 0 spiro atoms. The fourth-order valence-electron chi connectivity index (χ4n) is 6.77. The van der Waals surface area contributed by atoms with Crippen LogP contribution in [0.5, 0.6) is 0 Å². The van der Waals surface area contributed by atoms with E-state index < -0.39 is 0 Å². The van der Waals surface area contributed by atoms with Gasteiger partial charge in [-0.2, -0.15) is 11.8 Å². The van der Waals surface area contributed by atoms with Crippen LogP contribution < -0.4 is 15.5 Å². The van der Waals surface area contributed by atoms with Crippen LogP contribution in [0.1, 0.15) is 61.3 Å². The number of Topliss-reactive ketones (excluding diaryl/α,β-unsaturated/α-hetero) is 1. The van der Waals surface area contributed by atoms with Crippen LogP contribution in [0.15, 0.2) is 35.7 Å². The molecular formula is C31H39N9O2S3. The second kappa shape index (κ2) is 13.7. The summed E-state index contributed by atoms with van der Waals surface area (Å²) in [5.41, 5.74) is 2.06. The number of piperazine rings is 1. The summed E-state index contributed by atoms with van der Waals surface area (Å²) in [6.45, 7) is 6.56. The molecule has 0 aliphatic carbocycles. The number of anilines is 1. The van der Waals surface area contributed by atoms with Crippen molar-refractivity contribution in [1.82, 2.24) is 40.7 Å². The minimum atomic E-state index is -0.0419. The van der Waals surface area contributed by atoms with Gasteiger partial charge in [-0.15, -0.1) is 16.4 Å². The Morgan fingerprint density at radius 2 is 2.02 bits per heavy atom. The van der Waals surface area contributed by atoms with Crippen molar-refractivity contribution in [3.05, 3.63) is 52.0 Å². The first-order valence-electron chi connectivity index (χ1n) is 15.9. The van der Waals surface area contributed by atoms with Gasteiger partial charge in [-0.1, -0.05) is 36.8 Å². The number of thioether (sulfide) groups is 1. The van der Waals surface area contributed by atoms with Crippen molar-refractivity contribution in [2.45, 2.75) is 75.4 Å². The number of carbonyl (C=O) groups excluding carboxylic acids is 2. The first-order chi connectivity index (χ1) is 22.0. The number of thiophene rings is 1. The van der Waals surface area contributed by atoms with Crippen LogP contribution >= 0.6 is 34.4 Å². The molecule has 3 aliphatic rings. The van der Waals surface area contributed by atoms with Crippen molar-refractivity contribution in [3.8, 4) is 0 Å². The lowest BCUT2D eigenvalue weighted by Crippen LogP contribution is -2.48. The molecule has 1 aromatic carbocycles. The van der Waals surface area contributed by atoms with Crippen LogP contribution in [0, 0.1) is 0 Å². The highest BCUT2D eigenvalue weighted by atomic mass is 32.2. The Bertz CT molecular complexity index is 1620. The molecule has 1 unspecified atom stereocenters. The smallest absolute Gasteiger partial charge is 0.315 e. The minimum Gasteiger partial charge on any atom is -0.345 e. The van der Waals surface area contributed by atoms with E-state index in [2.05, 4.69) is 78.6 Å². The molecule has 3 aliphatic heterocycles. The number of benzene rings is 1. The highest BCUT2D eigenvalue weighted by Gasteiger charge is 2.42. The predicted octanol–water partition coefficient (Wildman–Crippen LogP) is 4.50. The summed E-state index contributed by atoms with van der Waals surface area (Å²) < 4.78 is 3.08. The molecule has 3 aromatic heterocycles. The number of aromatic nitrogens is 5. The summed E-state index contributed by atoms with van der Waals surface area (Å²) in [4.78, 5) is 35.5. The van der Waals surface area contributed by atoms with Crippen LogP contribution in [-0.4, -0.2) is 91.2 Å². The number of amides is 2. The van der Waals surface area contributed by atoms with E-state index in [4.69, 9.17) is 4.98 Å². The molecule has 4 atom stereocenters. The molecule has 3 saturated heterocycles. The summed E-state index contributed by atoms with van der Waals surface area (Å²) in [6.07, 6.45) is 4.97. The third kappa shape index (κ3) is 6.88. The molecule has 0 radical (unpaired) electrons. The van der Waals surface area contributed by atoms with Crippen LogP contribution in [0.2, 0.25) is 0 Å². The van der Waals surface area contributed by atoms with Gasteiger partial charge in [-0.25, -0.2) is 14.5 Å². The lowest BCUT2D eigenvalue weighted by Gasteiger charge is -2.38. The highest BCUT2D eigenvalue weighted by Crippen LogP contribution is 2.34. The zero-order chi connectivity index (χ0) is 30.8. The zero-order valence-corrected chi connectivity index (χ0v) is 27.9. The predicted molar refractivity (Wildman–Crippen MR) is 180 cm³/mol. The number of thiazole rings is 1. The molecule has 0 saturated carbocycles. The van der Waals surface area contributed by atoms with Crippen molar-refractivity contribution in [2.75, 3.05) is 36.8 Å². The molecule has 4 aromatic rings. The molecular weight excluding hydrogens is 627 g/mol. The fourth-order valence-corrected chi connectivity index (χ4v) is 10.1. The van der Waals surface area contributed by atoms with Crippen LogP contribution in [0.25, 0.3) is 10.2 Å². The number of nitrogens with zero attached hydrogens (tertiary/aromatic N) is 7. The quantitative estimate of drug-likeness (QED) is 0.157. The third-order valence-corrected chi connectivity index (χ3v) is 12.6. The lowest BCUT2D eigenvalue weighted by atomic mass is 10.0. The highest BCUT2D eigenvalue weighted by molar-refractivity contribution is 8.00. The van der Waals surface area contributed by atoms with Gasteiger partial charge in [0.2, 0.25) is 0 Å². The van der Waals surface area contributed by atoms with E-state index in [9.17, 15) is 9.59 Å². The van der Waals surface area contributed by atoms with Crippen LogP contribution in [-0.2, 0) is 17.8 Å². The summed E-state index contributed by atoms with van der Waals surface area (Å²) in [5.74, 6) is 2.20. The first kappa shape index (κ1) is 30.6. The van der Waals surface area contributed by atoms with Gasteiger partial charge in [0.15, 0.2) is 11.0 Å². The Kier molecular flexibility index (Phi) is 9.33. The molecule has 45 heavy (non-hydrogen) atoms. The molecule has 238 valence electrons. The van der Waals surface area contributed by atoms with E-state index >= 15 is 0 Å². The molecule has 3 fully saturated rings. The van der Waals surface area contributed by atoms with E-state index in [1.165, 1.54) is 4.88 Å². The van der Waals surface area contributed by atoms with Crippen molar-refractivity contribution in [1.29, 1.82) is 0 Å². The number of carbonyl (C=O) groups is 2. The average Bonchev–Trinajstić information content (AvgIpc) is 3.88. The number of tetrazole rings is 1. The SMILES string of the molecule is CCC(c1nnnn1Cc1cccs1)N1CCN(c2nc3ccc(CC(=O)CCCC[C@@H]4SC[C@@H]5NC(=O)N[C@@H]54)cc3s2)CC1. The standard InChI is InChI=1S/C31H39N9O2S3/c1-2-25(29-35-36-37-40(29)18-22-7-5-15-43-22)38-11-13-39(14-12-38)31-33-23-10-9-20(17-27(23)45-31)16-21(41)6-3-4-8-26-28-24(19-44-26)32-30(42)34-28/h5,7,9-10,15,17,24-26,28H,2-4,6,8,11-14,16,18-19H2,1H3,(H2,32,34,42)/t24-,25?,26-,28-/m0/s1. The second-order valence-electron chi connectivity index (χ2n) is 12.1. The zero-order valence-electron chi connectivity index (χ0n) is 25.4. The van der Waals surface area contributed by atoms with Gasteiger partial charge in [0.25, 0.3) is 0 Å². The fraction of sp³-hybridized carbons (Fsp3) is 0.548. The van der Waals surface area contributed by atoms with Crippen LogP contribution in [0.4, 0.5) is 9.93 Å². The number of ketones is 1. The van der Waals surface area contributed by atoms with Crippen molar-refractivity contribution < 1.29 is 9.59 Å². The summed E-state index contributed by atoms with van der Waals surface area (Å²) >= 11 is 5.38. The second-order valence-corrected chi connectivity index (χ2v) is 15.4. The van der Waals surface area contributed by atoms with Gasteiger partial charge < -0.3 is 15.5 Å². The molecule has 2 N–H and O–H groups in total. The third-order valence-electron chi connectivity index (χ3n) is 9.13. The normalized spacial score (nSPS) is 22.5. The maximum absolute atomic E-state index is 12.8. The number of unbranched alkanes of at least 4 members (excludes halogenated alkanes) is 1. The Labute approximate surface area is 275 Å². The number of urea groups is 1. The minimum absolute atomic E-state index is 0.0419. The maximum Gasteiger partial charge on any atom is 0.315 e. The molecule has 2 amide bonds.